The number of rotatable bonds is 7. The number of Topliss-reactive ketones (excluding diaryl/α,β-unsaturated/α-hetero) is 1. The summed E-state index contributed by atoms with van der Waals surface area (Å²) in [7, 11) is 1.50. The smallest absolute Gasteiger partial charge is 0.174 e. The molecule has 0 saturated heterocycles. The zero-order valence-electron chi connectivity index (χ0n) is 18.9. The summed E-state index contributed by atoms with van der Waals surface area (Å²) in [5.41, 5.74) is 3.25. The molecule has 0 aromatic heterocycles. The highest BCUT2D eigenvalue weighted by atomic mass is 16.5. The van der Waals surface area contributed by atoms with Crippen molar-refractivity contribution in [2.75, 3.05) is 7.11 Å². The number of methoxy groups -OCH3 is 1. The molecule has 6 nitrogen and oxygen atoms in total. The maximum atomic E-state index is 13.0. The van der Waals surface area contributed by atoms with E-state index in [2.05, 4.69) is 12.7 Å². The van der Waals surface area contributed by atoms with Crippen molar-refractivity contribution in [1.82, 2.24) is 0 Å². The summed E-state index contributed by atoms with van der Waals surface area (Å²) >= 11 is 0. The van der Waals surface area contributed by atoms with E-state index in [9.17, 15) is 20.1 Å². The summed E-state index contributed by atoms with van der Waals surface area (Å²) in [6, 6.07) is 5.54. The number of phenolic OH excluding ortho intramolecular Hbond substituents is 3. The molecule has 32 heavy (non-hydrogen) atoms. The van der Waals surface area contributed by atoms with Gasteiger partial charge >= 0.3 is 0 Å². The molecular formula is C26H30O6. The molecule has 6 heteroatoms. The van der Waals surface area contributed by atoms with Gasteiger partial charge in [0.05, 0.1) is 13.5 Å². The van der Waals surface area contributed by atoms with Gasteiger partial charge in [-0.3, -0.25) is 4.79 Å². The van der Waals surface area contributed by atoms with Gasteiger partial charge in [-0.15, -0.1) is 0 Å². The number of ether oxygens (including phenoxy) is 2. The lowest BCUT2D eigenvalue weighted by atomic mass is 9.86. The molecule has 0 aliphatic carbocycles. The van der Waals surface area contributed by atoms with E-state index in [0.29, 0.717) is 23.3 Å². The van der Waals surface area contributed by atoms with Crippen molar-refractivity contribution >= 4 is 5.78 Å². The van der Waals surface area contributed by atoms with Gasteiger partial charge in [0, 0.05) is 17.2 Å². The van der Waals surface area contributed by atoms with E-state index in [4.69, 9.17) is 9.47 Å². The lowest BCUT2D eigenvalue weighted by Gasteiger charge is -2.30. The second-order valence-electron chi connectivity index (χ2n) is 8.52. The molecule has 0 fully saturated rings. The van der Waals surface area contributed by atoms with Gasteiger partial charge in [-0.2, -0.15) is 0 Å². The van der Waals surface area contributed by atoms with Crippen LogP contribution in [0.4, 0.5) is 0 Å². The Hall–Kier alpha value is -3.41. The summed E-state index contributed by atoms with van der Waals surface area (Å²) in [6.45, 7) is 10.2. The van der Waals surface area contributed by atoms with Crippen molar-refractivity contribution in [2.24, 2.45) is 5.92 Å². The Kier molecular flexibility index (Phi) is 6.82. The van der Waals surface area contributed by atoms with E-state index in [1.165, 1.54) is 36.9 Å². The van der Waals surface area contributed by atoms with Gasteiger partial charge in [-0.1, -0.05) is 23.8 Å². The van der Waals surface area contributed by atoms with Gasteiger partial charge < -0.3 is 24.8 Å². The number of benzene rings is 2. The second kappa shape index (κ2) is 9.39. The molecule has 1 heterocycles. The molecule has 0 unspecified atom stereocenters. The third-order valence-electron chi connectivity index (χ3n) is 5.77. The normalized spacial score (nSPS) is 16.0. The molecule has 0 amide bonds. The number of carbonyl (C=O) groups excluding carboxylic acids is 1. The predicted octanol–water partition coefficient (Wildman–Crippen LogP) is 5.61. The van der Waals surface area contributed by atoms with Crippen LogP contribution in [0.15, 0.2) is 48.1 Å². The maximum Gasteiger partial charge on any atom is 0.174 e. The number of carbonyl (C=O) groups is 1. The minimum Gasteiger partial charge on any atom is -0.508 e. The molecule has 3 rings (SSSR count). The first-order valence-electron chi connectivity index (χ1n) is 10.6. The van der Waals surface area contributed by atoms with Crippen LogP contribution in [0.1, 0.15) is 61.2 Å². The molecule has 1 aliphatic heterocycles. The Balaban J connectivity index is 2.11. The van der Waals surface area contributed by atoms with Crippen LogP contribution < -0.4 is 9.47 Å². The van der Waals surface area contributed by atoms with E-state index in [0.717, 1.165) is 12.0 Å². The lowest BCUT2D eigenvalue weighted by molar-refractivity contribution is 0.0838. The molecule has 0 saturated carbocycles. The predicted molar refractivity (Wildman–Crippen MR) is 123 cm³/mol. The Morgan fingerprint density at radius 3 is 2.56 bits per heavy atom. The van der Waals surface area contributed by atoms with Gasteiger partial charge in [0.15, 0.2) is 5.78 Å². The zero-order valence-corrected chi connectivity index (χ0v) is 18.9. The van der Waals surface area contributed by atoms with Crippen molar-refractivity contribution in [3.8, 4) is 28.7 Å². The fraction of sp³-hybridized carbons (Fsp3) is 0.346. The van der Waals surface area contributed by atoms with E-state index in [1.807, 2.05) is 20.8 Å². The van der Waals surface area contributed by atoms with Crippen LogP contribution in [0.25, 0.3) is 0 Å². The van der Waals surface area contributed by atoms with Crippen LogP contribution in [0.3, 0.4) is 0 Å². The first-order chi connectivity index (χ1) is 15.1. The van der Waals surface area contributed by atoms with E-state index in [-0.39, 0.29) is 46.7 Å². The number of hydrogen-bond acceptors (Lipinski definition) is 6. The Morgan fingerprint density at radius 1 is 1.22 bits per heavy atom. The van der Waals surface area contributed by atoms with Crippen molar-refractivity contribution in [1.29, 1.82) is 0 Å². The molecule has 0 spiro atoms. The average molecular weight is 439 g/mol. The standard InChI is InChI=1S/C26H30O6/c1-14(2)6-7-16(15(3)4)10-19-23(31-5)12-21(29)25-22(30)13-24(32-26(19)25)18-11-17(27)8-9-20(18)28/h6,8-9,11-12,16,24,27-29H,3,7,10,13H2,1-2,4-5H3/t16-,24+/m1/s1. The number of ketones is 1. The topological polar surface area (TPSA) is 96.2 Å². The Morgan fingerprint density at radius 2 is 1.94 bits per heavy atom. The summed E-state index contributed by atoms with van der Waals surface area (Å²) in [4.78, 5) is 13.0. The first kappa shape index (κ1) is 23.3. The second-order valence-corrected chi connectivity index (χ2v) is 8.52. The van der Waals surface area contributed by atoms with Crippen molar-refractivity contribution in [2.45, 2.75) is 46.1 Å². The molecule has 2 aromatic carbocycles. The van der Waals surface area contributed by atoms with Crippen LogP contribution in [0.5, 0.6) is 28.7 Å². The van der Waals surface area contributed by atoms with E-state index in [1.54, 1.807) is 0 Å². The largest absolute Gasteiger partial charge is 0.508 e. The highest BCUT2D eigenvalue weighted by Gasteiger charge is 2.35. The molecule has 2 aromatic rings. The number of fused-ring (bicyclic) bond motifs is 1. The molecule has 0 bridgehead atoms. The lowest BCUT2D eigenvalue weighted by Crippen LogP contribution is -2.23. The number of aromatic hydroxyl groups is 3. The zero-order chi connectivity index (χ0) is 23.6. The van der Waals surface area contributed by atoms with Crippen LogP contribution in [-0.2, 0) is 6.42 Å². The summed E-state index contributed by atoms with van der Waals surface area (Å²) in [5.74, 6) is 0.0868. The minimum atomic E-state index is -0.812. The highest BCUT2D eigenvalue weighted by Crippen LogP contribution is 2.48. The molecule has 1 aliphatic rings. The van der Waals surface area contributed by atoms with E-state index < -0.39 is 6.10 Å². The van der Waals surface area contributed by atoms with Crippen LogP contribution in [-0.4, -0.2) is 28.2 Å². The van der Waals surface area contributed by atoms with Gasteiger partial charge in [-0.05, 0) is 57.7 Å². The fourth-order valence-electron chi connectivity index (χ4n) is 3.95. The third-order valence-corrected chi connectivity index (χ3v) is 5.77. The molecular weight excluding hydrogens is 408 g/mol. The van der Waals surface area contributed by atoms with Gasteiger partial charge in [0.1, 0.15) is 40.4 Å². The monoisotopic (exact) mass is 438 g/mol. The quantitative estimate of drug-likeness (QED) is 0.384. The summed E-state index contributed by atoms with van der Waals surface area (Å²) in [5, 5.41) is 30.7. The minimum absolute atomic E-state index is 0.0440. The molecule has 170 valence electrons. The number of hydrogen-bond donors (Lipinski definition) is 3. The van der Waals surface area contributed by atoms with Crippen LogP contribution in [0.2, 0.25) is 0 Å². The third kappa shape index (κ3) is 4.74. The van der Waals surface area contributed by atoms with Crippen molar-refractivity contribution < 1.29 is 29.6 Å². The molecule has 2 atom stereocenters. The summed E-state index contributed by atoms with van der Waals surface area (Å²) < 4.78 is 11.7. The highest BCUT2D eigenvalue weighted by molar-refractivity contribution is 6.03. The number of allylic oxidation sites excluding steroid dienone is 3. The van der Waals surface area contributed by atoms with Gasteiger partial charge in [-0.25, -0.2) is 0 Å². The molecule has 0 radical (unpaired) electrons. The number of phenols is 3. The van der Waals surface area contributed by atoms with Crippen molar-refractivity contribution in [3.63, 3.8) is 0 Å². The van der Waals surface area contributed by atoms with Gasteiger partial charge in [0.2, 0.25) is 0 Å². The maximum absolute atomic E-state index is 13.0. The van der Waals surface area contributed by atoms with E-state index >= 15 is 0 Å². The molecule has 3 N–H and O–H groups in total. The average Bonchev–Trinajstić information content (AvgIpc) is 2.72. The Bertz CT molecular complexity index is 1080. The van der Waals surface area contributed by atoms with Crippen molar-refractivity contribution in [3.05, 3.63) is 64.8 Å². The summed E-state index contributed by atoms with van der Waals surface area (Å²) in [6.07, 6.45) is 2.51. The van der Waals surface area contributed by atoms with Crippen LogP contribution in [0, 0.1) is 5.92 Å². The van der Waals surface area contributed by atoms with Gasteiger partial charge in [0.25, 0.3) is 0 Å². The SMILES string of the molecule is C=C(C)[C@H](CC=C(C)C)Cc1c(OC)cc(O)c2c1O[C@H](c1cc(O)ccc1O)CC2=O. The van der Waals surface area contributed by atoms with Crippen LogP contribution >= 0.6 is 0 Å². The fourth-order valence-corrected chi connectivity index (χ4v) is 3.95. The first-order valence-corrected chi connectivity index (χ1v) is 10.6. The Labute approximate surface area is 188 Å².